The number of phenolic OH excluding ortho intramolecular Hbond substituents is 1. The number of pyridine rings is 1. The third-order valence-electron chi connectivity index (χ3n) is 4.49. The number of nitrogens with zero attached hydrogens (tertiary/aromatic N) is 4. The quantitative estimate of drug-likeness (QED) is 0.775. The Labute approximate surface area is 144 Å². The Balaban J connectivity index is 1.73. The first-order valence-corrected chi connectivity index (χ1v) is 9.19. The van der Waals surface area contributed by atoms with E-state index in [-0.39, 0.29) is 5.75 Å². The molecule has 5 nitrogen and oxygen atoms in total. The molecule has 0 saturated heterocycles. The van der Waals surface area contributed by atoms with Crippen molar-refractivity contribution in [2.24, 2.45) is 12.0 Å². The number of rotatable bonds is 2. The number of phenols is 1. The molecule has 2 heterocycles. The second-order valence-electron chi connectivity index (χ2n) is 6.28. The second kappa shape index (κ2) is 6.36. The van der Waals surface area contributed by atoms with Gasteiger partial charge in [-0.1, -0.05) is 48.8 Å². The maximum atomic E-state index is 10.0. The highest BCUT2D eigenvalue weighted by Crippen LogP contribution is 2.26. The molecule has 1 saturated carbocycles. The van der Waals surface area contributed by atoms with Gasteiger partial charge in [0.15, 0.2) is 5.01 Å². The lowest BCUT2D eigenvalue weighted by molar-refractivity contribution is 0.434. The van der Waals surface area contributed by atoms with Gasteiger partial charge in [0.2, 0.25) is 4.80 Å². The summed E-state index contributed by atoms with van der Waals surface area (Å²) in [5, 5.41) is 16.3. The summed E-state index contributed by atoms with van der Waals surface area (Å²) >= 11 is 1.56. The molecular formula is C18H20N4OS. The zero-order chi connectivity index (χ0) is 16.5. The number of benzene rings is 1. The highest BCUT2D eigenvalue weighted by Gasteiger charge is 2.14. The van der Waals surface area contributed by atoms with E-state index in [2.05, 4.69) is 10.1 Å². The van der Waals surface area contributed by atoms with Crippen LogP contribution in [-0.4, -0.2) is 25.9 Å². The first kappa shape index (κ1) is 15.3. The lowest BCUT2D eigenvalue weighted by atomic mass is 9.96. The van der Waals surface area contributed by atoms with E-state index in [1.165, 1.54) is 32.1 Å². The maximum absolute atomic E-state index is 10.0. The summed E-state index contributed by atoms with van der Waals surface area (Å²) in [6, 6.07) is 9.76. The fourth-order valence-corrected chi connectivity index (χ4v) is 4.11. The van der Waals surface area contributed by atoms with Crippen molar-refractivity contribution in [2.45, 2.75) is 38.1 Å². The minimum Gasteiger partial charge on any atom is -0.506 e. The van der Waals surface area contributed by atoms with Gasteiger partial charge in [0.1, 0.15) is 17.0 Å². The Morgan fingerprint density at radius 1 is 1.17 bits per heavy atom. The van der Waals surface area contributed by atoms with Gasteiger partial charge < -0.3 is 5.11 Å². The van der Waals surface area contributed by atoms with E-state index >= 15 is 0 Å². The van der Waals surface area contributed by atoms with Crippen molar-refractivity contribution in [3.05, 3.63) is 35.1 Å². The molecule has 0 radical (unpaired) electrons. The largest absolute Gasteiger partial charge is 0.506 e. The van der Waals surface area contributed by atoms with Crippen molar-refractivity contribution in [3.8, 4) is 16.5 Å². The molecule has 0 amide bonds. The van der Waals surface area contributed by atoms with Gasteiger partial charge in [0.25, 0.3) is 0 Å². The van der Waals surface area contributed by atoms with Gasteiger partial charge in [0.05, 0.1) is 6.04 Å². The van der Waals surface area contributed by atoms with Gasteiger partial charge in [-0.15, -0.1) is 0 Å². The SMILES string of the molecule is Cn1nc(-c2ccc3cccc(O)c3n2)s/c1=N/C1CCCCC1. The predicted octanol–water partition coefficient (Wildman–Crippen LogP) is 3.64. The summed E-state index contributed by atoms with van der Waals surface area (Å²) in [6.45, 7) is 0. The molecule has 0 atom stereocenters. The standard InChI is InChI=1S/C18H20N4OS/c1-22-18(19-13-7-3-2-4-8-13)24-17(21-22)14-11-10-12-6-5-9-15(23)16(12)20-14/h5-6,9-11,13,23H,2-4,7-8H2,1H3/b19-18+. The third-order valence-corrected chi connectivity index (χ3v) is 5.53. The molecule has 3 aromatic rings. The van der Waals surface area contributed by atoms with Crippen LogP contribution in [0, 0.1) is 0 Å². The van der Waals surface area contributed by atoms with Crippen LogP contribution in [0.5, 0.6) is 5.75 Å². The zero-order valence-corrected chi connectivity index (χ0v) is 14.5. The maximum Gasteiger partial charge on any atom is 0.203 e. The van der Waals surface area contributed by atoms with E-state index in [0.717, 1.165) is 20.9 Å². The van der Waals surface area contributed by atoms with Crippen LogP contribution in [0.2, 0.25) is 0 Å². The van der Waals surface area contributed by atoms with Gasteiger partial charge in [-0.05, 0) is 25.0 Å². The molecule has 0 spiro atoms. The molecule has 2 aromatic heterocycles. The minimum atomic E-state index is 0.197. The van der Waals surface area contributed by atoms with Crippen LogP contribution in [0.4, 0.5) is 0 Å². The lowest BCUT2D eigenvalue weighted by Gasteiger charge is -2.16. The van der Waals surface area contributed by atoms with Crippen LogP contribution in [0.3, 0.4) is 0 Å². The van der Waals surface area contributed by atoms with Crippen LogP contribution >= 0.6 is 11.3 Å². The molecule has 1 aliphatic rings. The van der Waals surface area contributed by atoms with Crippen LogP contribution < -0.4 is 4.80 Å². The van der Waals surface area contributed by atoms with Crippen molar-refractivity contribution in [3.63, 3.8) is 0 Å². The van der Waals surface area contributed by atoms with Gasteiger partial charge in [-0.3, -0.25) is 4.99 Å². The van der Waals surface area contributed by atoms with Crippen molar-refractivity contribution in [2.75, 3.05) is 0 Å². The van der Waals surface area contributed by atoms with E-state index in [1.807, 2.05) is 36.0 Å². The minimum absolute atomic E-state index is 0.197. The fourth-order valence-electron chi connectivity index (χ4n) is 3.18. The Morgan fingerprint density at radius 2 is 2.00 bits per heavy atom. The van der Waals surface area contributed by atoms with Crippen LogP contribution in [0.1, 0.15) is 32.1 Å². The molecule has 1 N–H and O–H groups in total. The number of aromatic nitrogens is 3. The average Bonchev–Trinajstić information content (AvgIpc) is 2.97. The van der Waals surface area contributed by atoms with E-state index in [0.29, 0.717) is 11.6 Å². The number of fused-ring (bicyclic) bond motifs is 1. The number of hydrogen-bond acceptors (Lipinski definition) is 5. The normalized spacial score (nSPS) is 16.8. The Hall–Kier alpha value is -2.21. The molecule has 0 unspecified atom stereocenters. The first-order chi connectivity index (χ1) is 11.7. The first-order valence-electron chi connectivity index (χ1n) is 8.38. The van der Waals surface area contributed by atoms with Crippen molar-refractivity contribution in [1.29, 1.82) is 0 Å². The summed E-state index contributed by atoms with van der Waals surface area (Å²) in [7, 11) is 1.93. The monoisotopic (exact) mass is 340 g/mol. The molecule has 0 bridgehead atoms. The second-order valence-corrected chi connectivity index (χ2v) is 7.24. The molecule has 4 rings (SSSR count). The molecular weight excluding hydrogens is 320 g/mol. The summed E-state index contributed by atoms with van der Waals surface area (Å²) in [5.74, 6) is 0.197. The predicted molar refractivity (Wildman–Crippen MR) is 95.9 cm³/mol. The third kappa shape index (κ3) is 2.94. The molecule has 6 heteroatoms. The summed E-state index contributed by atoms with van der Waals surface area (Å²) in [5.41, 5.74) is 1.38. The Kier molecular flexibility index (Phi) is 4.06. The molecule has 1 aromatic carbocycles. The van der Waals surface area contributed by atoms with Gasteiger partial charge in [-0.25, -0.2) is 9.67 Å². The fraction of sp³-hybridized carbons (Fsp3) is 0.389. The highest BCUT2D eigenvalue weighted by atomic mass is 32.1. The summed E-state index contributed by atoms with van der Waals surface area (Å²) < 4.78 is 1.84. The van der Waals surface area contributed by atoms with Gasteiger partial charge in [0, 0.05) is 12.4 Å². The molecule has 1 aliphatic carbocycles. The molecule has 0 aliphatic heterocycles. The molecule has 124 valence electrons. The summed E-state index contributed by atoms with van der Waals surface area (Å²) in [6.07, 6.45) is 6.23. The Bertz CT molecular complexity index is 938. The smallest absolute Gasteiger partial charge is 0.203 e. The topological polar surface area (TPSA) is 63.3 Å². The number of hydrogen-bond donors (Lipinski definition) is 1. The molecule has 1 fully saturated rings. The van der Waals surface area contributed by atoms with Crippen LogP contribution in [0.25, 0.3) is 21.6 Å². The lowest BCUT2D eigenvalue weighted by Crippen LogP contribution is -2.18. The highest BCUT2D eigenvalue weighted by molar-refractivity contribution is 7.12. The van der Waals surface area contributed by atoms with Crippen LogP contribution in [-0.2, 0) is 7.05 Å². The van der Waals surface area contributed by atoms with Crippen LogP contribution in [0.15, 0.2) is 35.3 Å². The number of para-hydroxylation sites is 1. The van der Waals surface area contributed by atoms with E-state index in [4.69, 9.17) is 4.99 Å². The number of aryl methyl sites for hydroxylation is 1. The van der Waals surface area contributed by atoms with Gasteiger partial charge >= 0.3 is 0 Å². The van der Waals surface area contributed by atoms with Crippen molar-refractivity contribution < 1.29 is 5.11 Å². The average molecular weight is 340 g/mol. The van der Waals surface area contributed by atoms with Crippen molar-refractivity contribution in [1.82, 2.24) is 14.8 Å². The number of aromatic hydroxyl groups is 1. The van der Waals surface area contributed by atoms with E-state index < -0.39 is 0 Å². The van der Waals surface area contributed by atoms with Gasteiger partial charge in [-0.2, -0.15) is 5.10 Å². The Morgan fingerprint density at radius 3 is 2.83 bits per heavy atom. The van der Waals surface area contributed by atoms with Crippen molar-refractivity contribution >= 4 is 22.2 Å². The van der Waals surface area contributed by atoms with E-state index in [9.17, 15) is 5.11 Å². The zero-order valence-electron chi connectivity index (χ0n) is 13.6. The summed E-state index contributed by atoms with van der Waals surface area (Å²) in [4.78, 5) is 10.4. The molecule has 24 heavy (non-hydrogen) atoms. The van der Waals surface area contributed by atoms with E-state index in [1.54, 1.807) is 17.4 Å².